The molecule has 2 N–H and O–H groups in total. The van der Waals surface area contributed by atoms with Crippen LogP contribution in [0, 0.1) is 13.8 Å². The minimum absolute atomic E-state index is 0.353. The second-order valence-electron chi connectivity index (χ2n) is 7.73. The summed E-state index contributed by atoms with van der Waals surface area (Å²) in [5.41, 5.74) is 3.86. The Morgan fingerprint density at radius 2 is 1.72 bits per heavy atom. The lowest BCUT2D eigenvalue weighted by atomic mass is 10.1. The van der Waals surface area contributed by atoms with Crippen LogP contribution in [0.2, 0.25) is 0 Å². The van der Waals surface area contributed by atoms with Gasteiger partial charge in [0.15, 0.2) is 6.10 Å². The van der Waals surface area contributed by atoms with Gasteiger partial charge in [-0.25, -0.2) is 9.78 Å². The topological polar surface area (TPSA) is 84.1 Å². The van der Waals surface area contributed by atoms with E-state index in [1.807, 2.05) is 75.4 Å². The van der Waals surface area contributed by atoms with Crippen molar-refractivity contribution in [2.45, 2.75) is 33.3 Å². The highest BCUT2D eigenvalue weighted by Crippen LogP contribution is 2.21. The molecule has 1 unspecified atom stereocenters. The van der Waals surface area contributed by atoms with Crippen LogP contribution < -0.4 is 5.32 Å². The van der Waals surface area contributed by atoms with Crippen LogP contribution in [0.4, 0.5) is 5.69 Å². The molecule has 0 saturated carbocycles. The Morgan fingerprint density at radius 1 is 1.00 bits per heavy atom. The molecule has 6 heteroatoms. The minimum Gasteiger partial charge on any atom is -0.449 e. The van der Waals surface area contributed by atoms with Gasteiger partial charge in [0.05, 0.1) is 11.3 Å². The highest BCUT2D eigenvalue weighted by atomic mass is 16.5. The molecule has 1 atom stereocenters. The molecule has 4 aromatic rings. The van der Waals surface area contributed by atoms with Gasteiger partial charge in [-0.2, -0.15) is 0 Å². The molecule has 1 heterocycles. The highest BCUT2D eigenvalue weighted by Gasteiger charge is 2.22. The van der Waals surface area contributed by atoms with Gasteiger partial charge >= 0.3 is 5.97 Å². The Kier molecular flexibility index (Phi) is 6.03. The normalized spacial score (nSPS) is 11.8. The van der Waals surface area contributed by atoms with E-state index in [0.29, 0.717) is 17.7 Å². The molecule has 1 amide bonds. The van der Waals surface area contributed by atoms with Crippen molar-refractivity contribution in [1.82, 2.24) is 9.97 Å². The Morgan fingerprint density at radius 3 is 2.38 bits per heavy atom. The van der Waals surface area contributed by atoms with Crippen LogP contribution in [0.15, 0.2) is 66.7 Å². The van der Waals surface area contributed by atoms with Gasteiger partial charge in [-0.05, 0) is 55.3 Å². The van der Waals surface area contributed by atoms with E-state index in [1.165, 1.54) is 0 Å². The summed E-state index contributed by atoms with van der Waals surface area (Å²) in [6.07, 6.45) is -0.516. The number of nitrogens with one attached hydrogen (secondary N) is 2. The predicted octanol–water partition coefficient (Wildman–Crippen LogP) is 5.42. The Hall–Kier alpha value is -3.93. The first-order valence-electron chi connectivity index (χ1n) is 10.6. The predicted molar refractivity (Wildman–Crippen MR) is 126 cm³/mol. The van der Waals surface area contributed by atoms with Crippen LogP contribution in [-0.2, 0) is 9.53 Å². The number of carbonyl (C=O) groups excluding carboxylic acids is 2. The number of esters is 1. The minimum atomic E-state index is -0.885. The van der Waals surface area contributed by atoms with Gasteiger partial charge in [-0.15, -0.1) is 0 Å². The number of fused-ring (bicyclic) bond motifs is 1. The van der Waals surface area contributed by atoms with Gasteiger partial charge in [-0.1, -0.05) is 49.4 Å². The van der Waals surface area contributed by atoms with Crippen molar-refractivity contribution in [2.75, 3.05) is 5.32 Å². The Bertz CT molecular complexity index is 1260. The lowest BCUT2D eigenvalue weighted by Crippen LogP contribution is -2.32. The number of rotatable bonds is 6. The summed E-state index contributed by atoms with van der Waals surface area (Å²) in [4.78, 5) is 33.0. The number of ether oxygens (including phenoxy) is 1. The molecular formula is C26H25N3O3. The number of amides is 1. The van der Waals surface area contributed by atoms with Gasteiger partial charge in [0, 0.05) is 16.9 Å². The van der Waals surface area contributed by atoms with E-state index in [1.54, 1.807) is 12.1 Å². The molecule has 6 nitrogen and oxygen atoms in total. The zero-order valence-corrected chi connectivity index (χ0v) is 18.3. The van der Waals surface area contributed by atoms with Crippen LogP contribution in [0.5, 0.6) is 0 Å². The van der Waals surface area contributed by atoms with Crippen LogP contribution in [-0.4, -0.2) is 27.9 Å². The molecule has 0 spiro atoms. The number of hydrogen-bond donors (Lipinski definition) is 2. The second kappa shape index (κ2) is 9.06. The summed E-state index contributed by atoms with van der Waals surface area (Å²) in [6, 6.07) is 20.6. The molecule has 0 saturated heterocycles. The first-order valence-corrected chi connectivity index (χ1v) is 10.6. The van der Waals surface area contributed by atoms with Gasteiger partial charge in [0.25, 0.3) is 5.91 Å². The fraction of sp³-hybridized carbons (Fsp3) is 0.192. The Labute approximate surface area is 186 Å². The molecule has 0 fully saturated rings. The summed E-state index contributed by atoms with van der Waals surface area (Å²) < 4.78 is 5.50. The van der Waals surface area contributed by atoms with E-state index < -0.39 is 12.1 Å². The molecule has 0 bridgehead atoms. The summed E-state index contributed by atoms with van der Waals surface area (Å²) >= 11 is 0. The number of carbonyl (C=O) groups is 2. The van der Waals surface area contributed by atoms with E-state index >= 15 is 0 Å². The lowest BCUT2D eigenvalue weighted by molar-refractivity contribution is -0.124. The van der Waals surface area contributed by atoms with Crippen molar-refractivity contribution < 1.29 is 14.3 Å². The zero-order chi connectivity index (χ0) is 22.7. The number of H-pyrrole nitrogens is 1. The number of imidazole rings is 1. The van der Waals surface area contributed by atoms with E-state index in [2.05, 4.69) is 15.3 Å². The molecule has 0 aliphatic heterocycles. The van der Waals surface area contributed by atoms with E-state index in [4.69, 9.17) is 4.74 Å². The van der Waals surface area contributed by atoms with E-state index in [-0.39, 0.29) is 5.91 Å². The third-order valence-corrected chi connectivity index (χ3v) is 5.45. The summed E-state index contributed by atoms with van der Waals surface area (Å²) in [5.74, 6) is -0.140. The van der Waals surface area contributed by atoms with Gasteiger partial charge in [-0.3, -0.25) is 4.79 Å². The van der Waals surface area contributed by atoms with Gasteiger partial charge in [0.2, 0.25) is 0 Å². The summed E-state index contributed by atoms with van der Waals surface area (Å²) in [6.45, 7) is 5.71. The maximum atomic E-state index is 12.7. The lowest BCUT2D eigenvalue weighted by Gasteiger charge is -2.16. The molecule has 32 heavy (non-hydrogen) atoms. The number of hydrogen-bond acceptors (Lipinski definition) is 4. The van der Waals surface area contributed by atoms with Crippen LogP contribution in [0.3, 0.4) is 0 Å². The number of benzene rings is 3. The largest absolute Gasteiger partial charge is 0.449 e. The molecule has 3 aromatic carbocycles. The van der Waals surface area contributed by atoms with E-state index in [0.717, 1.165) is 33.5 Å². The summed E-state index contributed by atoms with van der Waals surface area (Å²) in [7, 11) is 0. The van der Waals surface area contributed by atoms with E-state index in [9.17, 15) is 9.59 Å². The van der Waals surface area contributed by atoms with Crippen molar-refractivity contribution in [3.8, 4) is 11.4 Å². The van der Waals surface area contributed by atoms with Crippen molar-refractivity contribution in [3.63, 3.8) is 0 Å². The summed E-state index contributed by atoms with van der Waals surface area (Å²) in [5, 5.41) is 4.97. The monoisotopic (exact) mass is 427 g/mol. The quantitative estimate of drug-likeness (QED) is 0.402. The highest BCUT2D eigenvalue weighted by molar-refractivity contribution is 5.99. The smallest absolute Gasteiger partial charge is 0.338 e. The number of aryl methyl sites for hydroxylation is 2. The maximum absolute atomic E-state index is 12.7. The third-order valence-electron chi connectivity index (χ3n) is 5.45. The zero-order valence-electron chi connectivity index (χ0n) is 18.3. The molecule has 0 aliphatic rings. The van der Waals surface area contributed by atoms with Crippen molar-refractivity contribution >= 4 is 28.3 Å². The molecule has 162 valence electrons. The molecule has 0 aliphatic carbocycles. The maximum Gasteiger partial charge on any atom is 0.338 e. The van der Waals surface area contributed by atoms with Gasteiger partial charge in [0.1, 0.15) is 5.82 Å². The third kappa shape index (κ3) is 4.54. The van der Waals surface area contributed by atoms with Crippen LogP contribution in [0.25, 0.3) is 22.2 Å². The molecule has 1 aromatic heterocycles. The van der Waals surface area contributed by atoms with Crippen molar-refractivity contribution in [3.05, 3.63) is 83.7 Å². The second-order valence-corrected chi connectivity index (χ2v) is 7.73. The van der Waals surface area contributed by atoms with Crippen LogP contribution >= 0.6 is 0 Å². The SMILES string of the molecule is CCC(OC(=O)c1ccc(-c2nc(C)c(C)[nH]2)cc1)C(=O)Nc1ccc2ccccc2c1. The standard InChI is InChI=1S/C26H25N3O3/c1-4-23(25(30)29-22-14-13-18-7-5-6-8-21(18)15-22)32-26(31)20-11-9-19(10-12-20)24-27-16(2)17(3)28-24/h5-15,23H,4H2,1-3H3,(H,27,28)(H,29,30). The number of aromatic amines is 1. The Balaban J connectivity index is 1.42. The molecular weight excluding hydrogens is 402 g/mol. The number of anilines is 1. The first kappa shape index (κ1) is 21.3. The number of aromatic nitrogens is 2. The van der Waals surface area contributed by atoms with Crippen molar-refractivity contribution in [2.24, 2.45) is 0 Å². The van der Waals surface area contributed by atoms with Gasteiger partial charge < -0.3 is 15.0 Å². The fourth-order valence-electron chi connectivity index (χ4n) is 3.46. The van der Waals surface area contributed by atoms with Crippen LogP contribution in [0.1, 0.15) is 35.1 Å². The fourth-order valence-corrected chi connectivity index (χ4v) is 3.46. The first-order chi connectivity index (χ1) is 15.4. The average molecular weight is 428 g/mol. The number of nitrogens with zero attached hydrogens (tertiary/aromatic N) is 1. The molecule has 0 radical (unpaired) electrons. The molecule has 4 rings (SSSR count). The van der Waals surface area contributed by atoms with Crippen molar-refractivity contribution in [1.29, 1.82) is 0 Å². The average Bonchev–Trinajstić information content (AvgIpc) is 3.15.